The molecule has 7 heteroatoms. The van der Waals surface area contributed by atoms with Crippen molar-refractivity contribution in [1.29, 1.82) is 0 Å². The SMILES string of the molecule is CS[C@@H](C)C1CSC(C)(CCC(C)C2CCCN2C(=O)C(C)CS)N1C(C)=O. The smallest absolute Gasteiger partial charge is 0.226 e. The molecule has 2 aliphatic heterocycles. The lowest BCUT2D eigenvalue weighted by atomic mass is 9.91. The summed E-state index contributed by atoms with van der Waals surface area (Å²) < 4.78 is 0. The molecule has 28 heavy (non-hydrogen) atoms. The number of thioether (sulfide) groups is 2. The summed E-state index contributed by atoms with van der Waals surface area (Å²) in [6.07, 6.45) is 6.34. The molecule has 2 heterocycles. The molecule has 2 aliphatic rings. The Bertz CT molecular complexity index is 562. The summed E-state index contributed by atoms with van der Waals surface area (Å²) in [5.41, 5.74) is 0. The number of hydrogen-bond donors (Lipinski definition) is 1. The maximum atomic E-state index is 12.7. The van der Waals surface area contributed by atoms with E-state index >= 15 is 0 Å². The van der Waals surface area contributed by atoms with E-state index in [2.05, 4.69) is 49.5 Å². The molecule has 4 nitrogen and oxygen atoms in total. The Hall–Kier alpha value is -0.0100. The average molecular weight is 447 g/mol. The number of rotatable bonds is 8. The van der Waals surface area contributed by atoms with Gasteiger partial charge in [-0.05, 0) is 44.8 Å². The van der Waals surface area contributed by atoms with Gasteiger partial charge in [0.2, 0.25) is 11.8 Å². The van der Waals surface area contributed by atoms with Crippen molar-refractivity contribution in [2.75, 3.05) is 24.3 Å². The van der Waals surface area contributed by atoms with E-state index in [1.165, 1.54) is 0 Å². The normalized spacial score (nSPS) is 31.1. The van der Waals surface area contributed by atoms with Gasteiger partial charge < -0.3 is 9.80 Å². The number of amides is 2. The molecule has 0 aromatic carbocycles. The molecular formula is C21H38N2O2S3. The average Bonchev–Trinajstić information content (AvgIpc) is 3.29. The van der Waals surface area contributed by atoms with Crippen molar-refractivity contribution >= 4 is 48.0 Å². The minimum absolute atomic E-state index is 0.0129. The minimum Gasteiger partial charge on any atom is -0.339 e. The highest BCUT2D eigenvalue weighted by Gasteiger charge is 2.47. The molecule has 0 spiro atoms. The molecule has 6 atom stereocenters. The van der Waals surface area contributed by atoms with Crippen LogP contribution in [0.25, 0.3) is 0 Å². The summed E-state index contributed by atoms with van der Waals surface area (Å²) in [4.78, 5) is 29.3. The van der Waals surface area contributed by atoms with Crippen molar-refractivity contribution < 1.29 is 9.59 Å². The van der Waals surface area contributed by atoms with E-state index in [4.69, 9.17) is 0 Å². The zero-order valence-electron chi connectivity index (χ0n) is 18.3. The second-order valence-corrected chi connectivity index (χ2v) is 11.8. The first-order valence-corrected chi connectivity index (χ1v) is 13.4. The number of hydrogen-bond acceptors (Lipinski definition) is 5. The highest BCUT2D eigenvalue weighted by molar-refractivity contribution is 8.01. The van der Waals surface area contributed by atoms with Crippen molar-refractivity contribution in [1.82, 2.24) is 9.80 Å². The maximum Gasteiger partial charge on any atom is 0.226 e. The fourth-order valence-electron chi connectivity index (χ4n) is 4.73. The van der Waals surface area contributed by atoms with Gasteiger partial charge in [0.1, 0.15) is 0 Å². The molecule has 5 unspecified atom stereocenters. The molecule has 0 bridgehead atoms. The summed E-state index contributed by atoms with van der Waals surface area (Å²) in [5, 5.41) is 0.446. The molecule has 2 rings (SSSR count). The van der Waals surface area contributed by atoms with Gasteiger partial charge in [0.15, 0.2) is 0 Å². The Kier molecular flexibility index (Phi) is 8.96. The molecular weight excluding hydrogens is 408 g/mol. The predicted octanol–water partition coefficient (Wildman–Crippen LogP) is 4.39. The van der Waals surface area contributed by atoms with Gasteiger partial charge in [-0.1, -0.05) is 20.8 Å². The van der Waals surface area contributed by atoms with Crippen LogP contribution in [0, 0.1) is 11.8 Å². The zero-order chi connectivity index (χ0) is 21.1. The van der Waals surface area contributed by atoms with E-state index in [0.29, 0.717) is 29.0 Å². The van der Waals surface area contributed by atoms with Crippen LogP contribution in [0.1, 0.15) is 60.3 Å². The van der Waals surface area contributed by atoms with Crippen molar-refractivity contribution in [2.24, 2.45) is 11.8 Å². The summed E-state index contributed by atoms with van der Waals surface area (Å²) in [7, 11) is 0. The quantitative estimate of drug-likeness (QED) is 0.561. The number of carbonyl (C=O) groups is 2. The topological polar surface area (TPSA) is 40.6 Å². The van der Waals surface area contributed by atoms with Crippen LogP contribution in [0.3, 0.4) is 0 Å². The maximum absolute atomic E-state index is 12.7. The van der Waals surface area contributed by atoms with E-state index in [1.54, 1.807) is 6.92 Å². The van der Waals surface area contributed by atoms with Crippen molar-refractivity contribution in [3.63, 3.8) is 0 Å². The molecule has 0 aromatic heterocycles. The summed E-state index contributed by atoms with van der Waals surface area (Å²) in [6.45, 7) is 11.3. The summed E-state index contributed by atoms with van der Waals surface area (Å²) >= 11 is 8.09. The standard InChI is InChI=1S/C21H38N2O2S3/c1-14(18-8-7-11-22(18)20(25)15(2)12-26)9-10-21(5)23(17(4)24)19(13-28-21)16(3)27-6/h14-16,18-19,26H,7-13H2,1-6H3/t14?,15?,16-,18?,19?,21?/m0/s1. The summed E-state index contributed by atoms with van der Waals surface area (Å²) in [5.74, 6) is 2.49. The molecule has 0 radical (unpaired) electrons. The van der Waals surface area contributed by atoms with Crippen LogP contribution >= 0.6 is 36.2 Å². The molecule has 0 N–H and O–H groups in total. The monoisotopic (exact) mass is 446 g/mol. The third-order valence-corrected chi connectivity index (χ3v) is 9.79. The van der Waals surface area contributed by atoms with Crippen LogP contribution in [0.5, 0.6) is 0 Å². The highest BCUT2D eigenvalue weighted by Crippen LogP contribution is 2.46. The molecule has 2 amide bonds. The van der Waals surface area contributed by atoms with E-state index in [1.807, 2.05) is 30.4 Å². The van der Waals surface area contributed by atoms with E-state index in [-0.39, 0.29) is 22.6 Å². The third-order valence-electron chi connectivity index (χ3n) is 6.66. The van der Waals surface area contributed by atoms with Crippen LogP contribution in [0.15, 0.2) is 0 Å². The largest absolute Gasteiger partial charge is 0.339 e. The minimum atomic E-state index is -0.138. The Morgan fingerprint density at radius 3 is 2.54 bits per heavy atom. The van der Waals surface area contributed by atoms with Crippen LogP contribution in [-0.2, 0) is 9.59 Å². The van der Waals surface area contributed by atoms with Crippen LogP contribution < -0.4 is 0 Å². The van der Waals surface area contributed by atoms with Gasteiger partial charge in [-0.25, -0.2) is 0 Å². The fraction of sp³-hybridized carbons (Fsp3) is 0.905. The first kappa shape index (κ1) is 24.3. The number of carbonyl (C=O) groups excluding carboxylic acids is 2. The van der Waals surface area contributed by atoms with Gasteiger partial charge in [0.05, 0.1) is 10.9 Å². The molecule has 162 valence electrons. The van der Waals surface area contributed by atoms with Crippen LogP contribution in [0.4, 0.5) is 0 Å². The zero-order valence-corrected chi connectivity index (χ0v) is 20.8. The molecule has 0 saturated carbocycles. The van der Waals surface area contributed by atoms with E-state index in [0.717, 1.165) is 38.0 Å². The Labute approximate surface area is 185 Å². The molecule has 2 saturated heterocycles. The Balaban J connectivity index is 2.03. The summed E-state index contributed by atoms with van der Waals surface area (Å²) in [6, 6.07) is 0.634. The van der Waals surface area contributed by atoms with Gasteiger partial charge in [0, 0.05) is 42.2 Å². The first-order chi connectivity index (χ1) is 13.2. The molecule has 2 fully saturated rings. The van der Waals surface area contributed by atoms with Gasteiger partial charge in [-0.2, -0.15) is 24.4 Å². The first-order valence-electron chi connectivity index (χ1n) is 10.5. The lowest BCUT2D eigenvalue weighted by Gasteiger charge is -2.40. The highest BCUT2D eigenvalue weighted by atomic mass is 32.2. The van der Waals surface area contributed by atoms with Crippen LogP contribution in [-0.4, -0.2) is 68.1 Å². The molecule has 0 aromatic rings. The van der Waals surface area contributed by atoms with Gasteiger partial charge in [-0.15, -0.1) is 11.8 Å². The fourth-order valence-corrected chi connectivity index (χ4v) is 7.17. The van der Waals surface area contributed by atoms with E-state index in [9.17, 15) is 9.59 Å². The lowest BCUT2D eigenvalue weighted by Crippen LogP contribution is -2.50. The van der Waals surface area contributed by atoms with Crippen molar-refractivity contribution in [2.45, 2.75) is 82.5 Å². The van der Waals surface area contributed by atoms with Crippen molar-refractivity contribution in [3.8, 4) is 0 Å². The number of nitrogens with zero attached hydrogens (tertiary/aromatic N) is 2. The number of thiol groups is 1. The van der Waals surface area contributed by atoms with Crippen LogP contribution in [0.2, 0.25) is 0 Å². The van der Waals surface area contributed by atoms with Crippen molar-refractivity contribution in [3.05, 3.63) is 0 Å². The second-order valence-electron chi connectivity index (χ2n) is 8.72. The molecule has 0 aliphatic carbocycles. The van der Waals surface area contributed by atoms with Gasteiger partial charge in [0.25, 0.3) is 0 Å². The predicted molar refractivity (Wildman–Crippen MR) is 126 cm³/mol. The number of likely N-dealkylation sites (tertiary alicyclic amines) is 1. The van der Waals surface area contributed by atoms with Gasteiger partial charge >= 0.3 is 0 Å². The Morgan fingerprint density at radius 1 is 1.29 bits per heavy atom. The Morgan fingerprint density at radius 2 is 1.96 bits per heavy atom. The van der Waals surface area contributed by atoms with E-state index < -0.39 is 0 Å². The third kappa shape index (κ3) is 5.18. The lowest BCUT2D eigenvalue weighted by molar-refractivity contribution is -0.136. The second kappa shape index (κ2) is 10.3. The van der Waals surface area contributed by atoms with Gasteiger partial charge in [-0.3, -0.25) is 9.59 Å².